The van der Waals surface area contributed by atoms with Gasteiger partial charge in [0, 0.05) is 12.6 Å². The molecule has 3 aromatic rings. The number of rotatable bonds is 6. The molecule has 0 saturated carbocycles. The Morgan fingerprint density at radius 1 is 0.931 bits per heavy atom. The average molecular weight is 409 g/mol. The van der Waals surface area contributed by atoms with Gasteiger partial charge in [-0.1, -0.05) is 54.6 Å². The Bertz CT molecular complexity index is 1110. The number of hydrogen-bond acceptors (Lipinski definition) is 3. The summed E-state index contributed by atoms with van der Waals surface area (Å²) < 4.78 is 29.1. The van der Waals surface area contributed by atoms with Gasteiger partial charge < -0.3 is 0 Å². The Morgan fingerprint density at radius 3 is 2.41 bits per heavy atom. The van der Waals surface area contributed by atoms with Crippen LogP contribution in [0, 0.1) is 13.8 Å². The maximum atomic E-state index is 13.1. The van der Waals surface area contributed by atoms with Crippen molar-refractivity contribution in [3.8, 4) is 0 Å². The first-order valence-electron chi connectivity index (χ1n) is 10.2. The van der Waals surface area contributed by atoms with Crippen LogP contribution in [-0.4, -0.2) is 33.0 Å². The van der Waals surface area contributed by atoms with Crippen LogP contribution >= 0.6 is 0 Å². The normalized spacial score (nSPS) is 16.3. The lowest BCUT2D eigenvalue weighted by Crippen LogP contribution is -2.37. The Hall–Kier alpha value is -2.21. The second-order valence-electron chi connectivity index (χ2n) is 7.88. The molecule has 4 nitrogen and oxygen atoms in total. The smallest absolute Gasteiger partial charge is 0.240 e. The largest absolute Gasteiger partial charge is 0.295 e. The maximum Gasteiger partial charge on any atom is 0.240 e. The highest BCUT2D eigenvalue weighted by Gasteiger charge is 2.27. The van der Waals surface area contributed by atoms with Crippen molar-refractivity contribution in [3.05, 3.63) is 77.4 Å². The summed E-state index contributed by atoms with van der Waals surface area (Å²) in [6.45, 7) is 6.17. The Morgan fingerprint density at radius 2 is 1.62 bits per heavy atom. The molecule has 1 N–H and O–H groups in total. The number of aryl methyl sites for hydroxylation is 1. The van der Waals surface area contributed by atoms with Gasteiger partial charge in [0.1, 0.15) is 0 Å². The molecule has 4 rings (SSSR count). The molecule has 1 aliphatic rings. The molecule has 1 fully saturated rings. The van der Waals surface area contributed by atoms with Crippen molar-refractivity contribution in [1.82, 2.24) is 9.62 Å². The molecule has 5 heteroatoms. The number of fused-ring (bicyclic) bond motifs is 1. The monoisotopic (exact) mass is 408 g/mol. The molecule has 29 heavy (non-hydrogen) atoms. The van der Waals surface area contributed by atoms with Crippen LogP contribution in [0.2, 0.25) is 0 Å². The van der Waals surface area contributed by atoms with E-state index in [0.29, 0.717) is 11.4 Å². The quantitative estimate of drug-likeness (QED) is 0.650. The molecule has 0 unspecified atom stereocenters. The SMILES string of the molecule is Cc1cccc(S(=O)(=O)NC[C@H](c2cccc3ccccc23)N2CCCC2)c1C. The molecule has 152 valence electrons. The second kappa shape index (κ2) is 8.27. The molecule has 1 saturated heterocycles. The fourth-order valence-electron chi connectivity index (χ4n) is 4.31. The van der Waals surface area contributed by atoms with Gasteiger partial charge in [-0.15, -0.1) is 0 Å². The minimum absolute atomic E-state index is 0.0171. The third-order valence-corrected chi connectivity index (χ3v) is 7.64. The Labute approximate surface area is 173 Å². The zero-order valence-corrected chi connectivity index (χ0v) is 17.9. The molecule has 0 aliphatic carbocycles. The van der Waals surface area contributed by atoms with Crippen LogP contribution in [0.3, 0.4) is 0 Å². The second-order valence-corrected chi connectivity index (χ2v) is 9.61. The standard InChI is InChI=1S/C24H28N2O2S/c1-18-9-7-14-24(19(18)2)29(27,28)25-17-23(26-15-5-6-16-26)22-13-8-11-20-10-3-4-12-21(20)22/h3-4,7-14,23,25H,5-6,15-17H2,1-2H3/t23-/m1/s1. The van der Waals surface area contributed by atoms with Gasteiger partial charge in [-0.3, -0.25) is 4.90 Å². The predicted octanol–water partition coefficient (Wildman–Crippen LogP) is 4.57. The molecule has 0 radical (unpaired) electrons. The van der Waals surface area contributed by atoms with Gasteiger partial charge in [0.05, 0.1) is 4.90 Å². The van der Waals surface area contributed by atoms with E-state index in [2.05, 4.69) is 40.0 Å². The van der Waals surface area contributed by atoms with Crippen LogP contribution in [-0.2, 0) is 10.0 Å². The highest BCUT2D eigenvalue weighted by Crippen LogP contribution is 2.31. The first kappa shape index (κ1) is 20.1. The van der Waals surface area contributed by atoms with Crippen molar-refractivity contribution >= 4 is 20.8 Å². The van der Waals surface area contributed by atoms with Crippen LogP contribution in [0.15, 0.2) is 65.6 Å². The molecule has 0 amide bonds. The molecule has 1 atom stereocenters. The van der Waals surface area contributed by atoms with E-state index in [9.17, 15) is 8.42 Å². The fraction of sp³-hybridized carbons (Fsp3) is 0.333. The van der Waals surface area contributed by atoms with E-state index in [1.54, 1.807) is 12.1 Å². The third kappa shape index (κ3) is 4.08. The summed E-state index contributed by atoms with van der Waals surface area (Å²) in [5, 5.41) is 2.38. The highest BCUT2D eigenvalue weighted by atomic mass is 32.2. The molecule has 0 bridgehead atoms. The summed E-state index contributed by atoms with van der Waals surface area (Å²) in [5.74, 6) is 0. The van der Waals surface area contributed by atoms with Crippen LogP contribution in [0.1, 0.15) is 35.6 Å². The molecule has 0 aromatic heterocycles. The van der Waals surface area contributed by atoms with E-state index < -0.39 is 10.0 Å². The summed E-state index contributed by atoms with van der Waals surface area (Å²) in [5.41, 5.74) is 2.98. The van der Waals surface area contributed by atoms with Crippen molar-refractivity contribution in [2.75, 3.05) is 19.6 Å². The summed E-state index contributed by atoms with van der Waals surface area (Å²) in [6.07, 6.45) is 2.32. The summed E-state index contributed by atoms with van der Waals surface area (Å²) in [4.78, 5) is 2.78. The zero-order valence-electron chi connectivity index (χ0n) is 17.1. The van der Waals surface area contributed by atoms with Crippen LogP contribution in [0.5, 0.6) is 0 Å². The van der Waals surface area contributed by atoms with Crippen LogP contribution < -0.4 is 4.72 Å². The minimum Gasteiger partial charge on any atom is -0.295 e. The lowest BCUT2D eigenvalue weighted by molar-refractivity contribution is 0.248. The lowest BCUT2D eigenvalue weighted by Gasteiger charge is -2.29. The Balaban J connectivity index is 1.67. The first-order chi connectivity index (χ1) is 14.0. The molecule has 1 aliphatic heterocycles. The van der Waals surface area contributed by atoms with Gasteiger partial charge in [0.15, 0.2) is 0 Å². The van der Waals surface area contributed by atoms with E-state index >= 15 is 0 Å². The van der Waals surface area contributed by atoms with Crippen LogP contribution in [0.4, 0.5) is 0 Å². The highest BCUT2D eigenvalue weighted by molar-refractivity contribution is 7.89. The summed E-state index contributed by atoms with van der Waals surface area (Å²) in [7, 11) is -3.58. The van der Waals surface area contributed by atoms with Gasteiger partial charge in [0.25, 0.3) is 0 Å². The molecule has 0 spiro atoms. The topological polar surface area (TPSA) is 49.4 Å². The number of likely N-dealkylation sites (tertiary alicyclic amines) is 1. The summed E-state index contributed by atoms with van der Waals surface area (Å²) >= 11 is 0. The predicted molar refractivity (Wildman–Crippen MR) is 119 cm³/mol. The van der Waals surface area contributed by atoms with Crippen molar-refractivity contribution in [2.24, 2.45) is 0 Å². The first-order valence-corrected chi connectivity index (χ1v) is 11.7. The number of hydrogen-bond donors (Lipinski definition) is 1. The molecule has 1 heterocycles. The molecule has 3 aromatic carbocycles. The summed E-state index contributed by atoms with van der Waals surface area (Å²) in [6, 6.07) is 20.1. The zero-order chi connectivity index (χ0) is 20.4. The van der Waals surface area contributed by atoms with Gasteiger partial charge in [-0.2, -0.15) is 0 Å². The minimum atomic E-state index is -3.58. The van der Waals surface area contributed by atoms with Gasteiger partial charge in [0.2, 0.25) is 10.0 Å². The van der Waals surface area contributed by atoms with E-state index in [0.717, 1.165) is 37.1 Å². The van der Waals surface area contributed by atoms with Crippen molar-refractivity contribution in [3.63, 3.8) is 0 Å². The average Bonchev–Trinajstić information content (AvgIpc) is 3.25. The van der Waals surface area contributed by atoms with E-state index in [1.807, 2.05) is 32.0 Å². The number of benzene rings is 3. The maximum absolute atomic E-state index is 13.1. The lowest BCUT2D eigenvalue weighted by atomic mass is 9.98. The van der Waals surface area contributed by atoms with Gasteiger partial charge in [-0.05, 0) is 73.3 Å². The van der Waals surface area contributed by atoms with E-state index in [4.69, 9.17) is 0 Å². The number of nitrogens with zero attached hydrogens (tertiary/aromatic N) is 1. The van der Waals surface area contributed by atoms with E-state index in [-0.39, 0.29) is 6.04 Å². The van der Waals surface area contributed by atoms with E-state index in [1.165, 1.54) is 16.3 Å². The Kier molecular flexibility index (Phi) is 5.72. The number of nitrogens with one attached hydrogen (secondary N) is 1. The van der Waals surface area contributed by atoms with Crippen molar-refractivity contribution in [1.29, 1.82) is 0 Å². The fourth-order valence-corrected chi connectivity index (χ4v) is 5.67. The van der Waals surface area contributed by atoms with Crippen molar-refractivity contribution < 1.29 is 8.42 Å². The van der Waals surface area contributed by atoms with Gasteiger partial charge in [-0.25, -0.2) is 13.1 Å². The van der Waals surface area contributed by atoms with Crippen molar-refractivity contribution in [2.45, 2.75) is 37.6 Å². The molecular formula is C24H28N2O2S. The van der Waals surface area contributed by atoms with Crippen LogP contribution in [0.25, 0.3) is 10.8 Å². The molecular weight excluding hydrogens is 380 g/mol. The third-order valence-electron chi connectivity index (χ3n) is 6.07. The number of sulfonamides is 1. The van der Waals surface area contributed by atoms with Gasteiger partial charge >= 0.3 is 0 Å².